The lowest BCUT2D eigenvalue weighted by Gasteiger charge is -2.00. The molecule has 16 heavy (non-hydrogen) atoms. The molecular formula is C12H15NO3. The lowest BCUT2D eigenvalue weighted by Crippen LogP contribution is -1.96. The SMILES string of the molecule is CCC(=Cc1ccc(COC)cc1)[N+](=O)[O-]. The van der Waals surface area contributed by atoms with Crippen molar-refractivity contribution in [1.82, 2.24) is 0 Å². The quantitative estimate of drug-likeness (QED) is 0.567. The van der Waals surface area contributed by atoms with Crippen LogP contribution in [0.4, 0.5) is 0 Å². The van der Waals surface area contributed by atoms with Crippen LogP contribution < -0.4 is 0 Å². The van der Waals surface area contributed by atoms with E-state index in [2.05, 4.69) is 0 Å². The summed E-state index contributed by atoms with van der Waals surface area (Å²) in [6.07, 6.45) is 2.02. The molecule has 0 aliphatic carbocycles. The molecule has 1 rings (SSSR count). The fraction of sp³-hybridized carbons (Fsp3) is 0.333. The van der Waals surface area contributed by atoms with Gasteiger partial charge in [-0.2, -0.15) is 0 Å². The Hall–Kier alpha value is -1.68. The van der Waals surface area contributed by atoms with Gasteiger partial charge in [0.15, 0.2) is 0 Å². The van der Waals surface area contributed by atoms with Gasteiger partial charge >= 0.3 is 0 Å². The summed E-state index contributed by atoms with van der Waals surface area (Å²) in [5.41, 5.74) is 2.12. The Kier molecular flexibility index (Phi) is 4.66. The van der Waals surface area contributed by atoms with Crippen molar-refractivity contribution in [3.05, 3.63) is 51.2 Å². The molecule has 0 saturated carbocycles. The Bertz CT molecular complexity index is 382. The molecule has 0 unspecified atom stereocenters. The summed E-state index contributed by atoms with van der Waals surface area (Å²) >= 11 is 0. The van der Waals surface area contributed by atoms with Crippen LogP contribution >= 0.6 is 0 Å². The Labute approximate surface area is 94.7 Å². The highest BCUT2D eigenvalue weighted by Crippen LogP contribution is 2.12. The maximum absolute atomic E-state index is 10.6. The lowest BCUT2D eigenvalue weighted by molar-refractivity contribution is -0.425. The predicted octanol–water partition coefficient (Wildman–Crippen LogP) is 2.86. The number of hydrogen-bond donors (Lipinski definition) is 0. The molecule has 0 aromatic heterocycles. The molecule has 0 aliphatic rings. The molecule has 4 heteroatoms. The molecule has 4 nitrogen and oxygen atoms in total. The van der Waals surface area contributed by atoms with Gasteiger partial charge in [0.1, 0.15) is 0 Å². The number of hydrogen-bond acceptors (Lipinski definition) is 3. The maximum atomic E-state index is 10.6. The summed E-state index contributed by atoms with van der Waals surface area (Å²) in [5, 5.41) is 10.6. The largest absolute Gasteiger partial charge is 0.380 e. The van der Waals surface area contributed by atoms with E-state index in [9.17, 15) is 10.1 Å². The molecule has 1 aromatic rings. The molecule has 0 spiro atoms. The third kappa shape index (κ3) is 3.47. The van der Waals surface area contributed by atoms with Gasteiger partial charge in [-0.1, -0.05) is 31.2 Å². The van der Waals surface area contributed by atoms with Crippen molar-refractivity contribution in [2.24, 2.45) is 0 Å². The topological polar surface area (TPSA) is 52.4 Å². The average Bonchev–Trinajstić information content (AvgIpc) is 2.28. The summed E-state index contributed by atoms with van der Waals surface area (Å²) in [4.78, 5) is 10.3. The van der Waals surface area contributed by atoms with E-state index in [0.29, 0.717) is 13.0 Å². The highest BCUT2D eigenvalue weighted by molar-refractivity contribution is 5.51. The van der Waals surface area contributed by atoms with Crippen molar-refractivity contribution in [1.29, 1.82) is 0 Å². The van der Waals surface area contributed by atoms with Gasteiger partial charge in [0.05, 0.1) is 11.5 Å². The minimum absolute atomic E-state index is 0.222. The molecular weight excluding hydrogens is 206 g/mol. The minimum Gasteiger partial charge on any atom is -0.380 e. The molecule has 0 fully saturated rings. The average molecular weight is 221 g/mol. The monoisotopic (exact) mass is 221 g/mol. The Morgan fingerprint density at radius 3 is 2.50 bits per heavy atom. The van der Waals surface area contributed by atoms with Gasteiger partial charge < -0.3 is 4.74 Å². The van der Waals surface area contributed by atoms with Crippen LogP contribution in [0.2, 0.25) is 0 Å². The standard InChI is InChI=1S/C12H15NO3/c1-3-12(13(14)15)8-10-4-6-11(7-5-10)9-16-2/h4-8H,3,9H2,1-2H3. The normalized spacial score (nSPS) is 11.5. The number of rotatable bonds is 5. The highest BCUT2D eigenvalue weighted by atomic mass is 16.6. The van der Waals surface area contributed by atoms with E-state index < -0.39 is 0 Å². The van der Waals surface area contributed by atoms with Gasteiger partial charge in [-0.25, -0.2) is 0 Å². The van der Waals surface area contributed by atoms with Crippen LogP contribution in [0, 0.1) is 10.1 Å². The van der Waals surface area contributed by atoms with Crippen molar-refractivity contribution < 1.29 is 9.66 Å². The van der Waals surface area contributed by atoms with Gasteiger partial charge in [0.25, 0.3) is 0 Å². The third-order valence-corrected chi connectivity index (χ3v) is 2.22. The first kappa shape index (κ1) is 12.4. The summed E-state index contributed by atoms with van der Waals surface area (Å²) in [6.45, 7) is 2.33. The third-order valence-electron chi connectivity index (χ3n) is 2.22. The van der Waals surface area contributed by atoms with Crippen molar-refractivity contribution in [2.75, 3.05) is 7.11 Å². The molecule has 0 saturated heterocycles. The van der Waals surface area contributed by atoms with Crippen molar-refractivity contribution in [3.8, 4) is 0 Å². The smallest absolute Gasteiger partial charge is 0.246 e. The van der Waals surface area contributed by atoms with Crippen molar-refractivity contribution in [3.63, 3.8) is 0 Å². The summed E-state index contributed by atoms with van der Waals surface area (Å²) in [5.74, 6) is 0. The molecule has 0 bridgehead atoms. The molecule has 0 amide bonds. The van der Waals surface area contributed by atoms with E-state index in [-0.39, 0.29) is 10.6 Å². The minimum atomic E-state index is -0.344. The maximum Gasteiger partial charge on any atom is 0.246 e. The molecule has 0 atom stereocenters. The molecule has 0 N–H and O–H groups in total. The van der Waals surface area contributed by atoms with Crippen molar-refractivity contribution in [2.45, 2.75) is 20.0 Å². The van der Waals surface area contributed by atoms with Gasteiger partial charge in [0, 0.05) is 19.6 Å². The van der Waals surface area contributed by atoms with E-state index >= 15 is 0 Å². The van der Waals surface area contributed by atoms with E-state index in [4.69, 9.17) is 4.74 Å². The van der Waals surface area contributed by atoms with Crippen LogP contribution in [0.15, 0.2) is 30.0 Å². The zero-order valence-corrected chi connectivity index (χ0v) is 9.47. The number of allylic oxidation sites excluding steroid dienone is 1. The fourth-order valence-corrected chi connectivity index (χ4v) is 1.35. The molecule has 0 radical (unpaired) electrons. The van der Waals surface area contributed by atoms with E-state index in [1.165, 1.54) is 0 Å². The summed E-state index contributed by atoms with van der Waals surface area (Å²) in [6, 6.07) is 7.52. The van der Waals surface area contributed by atoms with E-state index in [0.717, 1.165) is 11.1 Å². The number of nitrogens with zero attached hydrogens (tertiary/aromatic N) is 1. The predicted molar refractivity (Wildman–Crippen MR) is 62.4 cm³/mol. The van der Waals surface area contributed by atoms with Crippen molar-refractivity contribution >= 4 is 6.08 Å². The van der Waals surface area contributed by atoms with Crippen LogP contribution in [0.5, 0.6) is 0 Å². The van der Waals surface area contributed by atoms with Crippen LogP contribution in [0.25, 0.3) is 6.08 Å². The molecule has 1 aromatic carbocycles. The zero-order valence-electron chi connectivity index (χ0n) is 9.47. The van der Waals surface area contributed by atoms with E-state index in [1.54, 1.807) is 20.1 Å². The van der Waals surface area contributed by atoms with Crippen LogP contribution in [-0.2, 0) is 11.3 Å². The first-order valence-electron chi connectivity index (χ1n) is 5.10. The number of methoxy groups -OCH3 is 1. The van der Waals surface area contributed by atoms with Crippen LogP contribution in [0.1, 0.15) is 24.5 Å². The molecule has 0 heterocycles. The summed E-state index contributed by atoms with van der Waals surface area (Å²) in [7, 11) is 1.63. The number of ether oxygens (including phenoxy) is 1. The van der Waals surface area contributed by atoms with Crippen LogP contribution in [0.3, 0.4) is 0 Å². The lowest BCUT2D eigenvalue weighted by atomic mass is 10.1. The number of benzene rings is 1. The summed E-state index contributed by atoms with van der Waals surface area (Å²) < 4.78 is 4.98. The van der Waals surface area contributed by atoms with Gasteiger partial charge in [-0.3, -0.25) is 10.1 Å². The molecule has 0 aliphatic heterocycles. The zero-order chi connectivity index (χ0) is 12.0. The second kappa shape index (κ2) is 6.02. The van der Waals surface area contributed by atoms with E-state index in [1.807, 2.05) is 24.3 Å². The second-order valence-corrected chi connectivity index (χ2v) is 3.42. The van der Waals surface area contributed by atoms with Gasteiger partial charge in [-0.15, -0.1) is 0 Å². The number of nitro groups is 1. The molecule has 86 valence electrons. The Morgan fingerprint density at radius 2 is 2.06 bits per heavy atom. The van der Waals surface area contributed by atoms with Crippen LogP contribution in [-0.4, -0.2) is 12.0 Å². The Balaban J connectivity index is 2.85. The Morgan fingerprint density at radius 1 is 1.44 bits per heavy atom. The highest BCUT2D eigenvalue weighted by Gasteiger charge is 2.06. The first-order valence-corrected chi connectivity index (χ1v) is 5.10. The second-order valence-electron chi connectivity index (χ2n) is 3.42. The fourth-order valence-electron chi connectivity index (χ4n) is 1.35. The van der Waals surface area contributed by atoms with Gasteiger partial charge in [0.2, 0.25) is 5.70 Å². The van der Waals surface area contributed by atoms with Gasteiger partial charge in [-0.05, 0) is 11.1 Å². The first-order chi connectivity index (χ1) is 7.67.